The number of benzene rings is 9. The molecule has 3 aromatic heterocycles. The van der Waals surface area contributed by atoms with Crippen LogP contribution in [0.2, 0.25) is 0 Å². The molecular weight excluding hydrogens is 673 g/mol. The molecule has 0 bridgehead atoms. The molecule has 0 saturated carbocycles. The van der Waals surface area contributed by atoms with Crippen molar-refractivity contribution >= 4 is 114 Å². The number of thiophene rings is 1. The Labute approximate surface area is 314 Å². The molecule has 4 heteroatoms. The van der Waals surface area contributed by atoms with Crippen LogP contribution in [0.1, 0.15) is 0 Å². The van der Waals surface area contributed by atoms with Crippen molar-refractivity contribution in [3.05, 3.63) is 170 Å². The lowest BCUT2D eigenvalue weighted by Gasteiger charge is -2.29. The van der Waals surface area contributed by atoms with E-state index in [1.165, 1.54) is 107 Å². The van der Waals surface area contributed by atoms with E-state index in [0.717, 1.165) is 11.5 Å². The molecule has 0 amide bonds. The lowest BCUT2D eigenvalue weighted by atomic mass is 9.34. The molecule has 9 aromatic carbocycles. The van der Waals surface area contributed by atoms with Gasteiger partial charge in [0.15, 0.2) is 0 Å². The summed E-state index contributed by atoms with van der Waals surface area (Å²) in [5.74, 6) is 1.86. The van der Waals surface area contributed by atoms with Gasteiger partial charge in [-0.05, 0) is 73.9 Å². The monoisotopic (exact) mass is 701 g/mol. The van der Waals surface area contributed by atoms with Crippen LogP contribution in [0.5, 0.6) is 11.5 Å². The lowest BCUT2D eigenvalue weighted by Crippen LogP contribution is -2.55. The van der Waals surface area contributed by atoms with Crippen LogP contribution >= 0.6 is 11.3 Å². The van der Waals surface area contributed by atoms with E-state index in [1.54, 1.807) is 0 Å². The van der Waals surface area contributed by atoms with Gasteiger partial charge in [-0.3, -0.25) is 0 Å². The fourth-order valence-electron chi connectivity index (χ4n) is 9.79. The second-order valence-electron chi connectivity index (χ2n) is 14.7. The summed E-state index contributed by atoms with van der Waals surface area (Å²) in [6.07, 6.45) is 0. The molecule has 1 aliphatic heterocycles. The topological polar surface area (TPSA) is 13.6 Å². The lowest BCUT2D eigenvalue weighted by molar-refractivity contribution is 0.489. The second-order valence-corrected chi connectivity index (χ2v) is 15.8. The van der Waals surface area contributed by atoms with Crippen molar-refractivity contribution in [1.29, 1.82) is 0 Å². The Morgan fingerprint density at radius 3 is 1.80 bits per heavy atom. The first-order valence-corrected chi connectivity index (χ1v) is 19.4. The molecule has 248 valence electrons. The van der Waals surface area contributed by atoms with Crippen molar-refractivity contribution in [1.82, 2.24) is 4.40 Å². The normalized spacial score (nSPS) is 12.9. The minimum Gasteiger partial charge on any atom is -0.458 e. The highest BCUT2D eigenvalue weighted by atomic mass is 32.1. The van der Waals surface area contributed by atoms with Crippen molar-refractivity contribution in [2.75, 3.05) is 0 Å². The third kappa shape index (κ3) is 3.70. The zero-order chi connectivity index (χ0) is 35.1. The average Bonchev–Trinajstić information content (AvgIpc) is 3.89. The molecule has 54 heavy (non-hydrogen) atoms. The summed E-state index contributed by atoms with van der Waals surface area (Å²) in [5, 5.41) is 12.9. The van der Waals surface area contributed by atoms with Crippen LogP contribution < -0.4 is 21.1 Å². The number of hydrogen-bond donors (Lipinski definition) is 0. The average molecular weight is 702 g/mol. The molecule has 0 atom stereocenters. The van der Waals surface area contributed by atoms with Gasteiger partial charge < -0.3 is 9.14 Å². The Morgan fingerprint density at radius 2 is 1.06 bits per heavy atom. The van der Waals surface area contributed by atoms with E-state index < -0.39 is 0 Å². The van der Waals surface area contributed by atoms with Crippen LogP contribution in [0.15, 0.2) is 170 Å². The van der Waals surface area contributed by atoms with Gasteiger partial charge in [0.2, 0.25) is 0 Å². The van der Waals surface area contributed by atoms with Gasteiger partial charge in [0, 0.05) is 41.7 Å². The van der Waals surface area contributed by atoms with Gasteiger partial charge >= 0.3 is 0 Å². The van der Waals surface area contributed by atoms with Crippen molar-refractivity contribution in [3.8, 4) is 22.6 Å². The van der Waals surface area contributed by atoms with Crippen molar-refractivity contribution in [2.24, 2.45) is 0 Å². The van der Waals surface area contributed by atoms with E-state index in [2.05, 4.69) is 174 Å². The number of fused-ring (bicyclic) bond motifs is 16. The molecule has 0 unspecified atom stereocenters. The molecule has 1 aliphatic rings. The zero-order valence-corrected chi connectivity index (χ0v) is 29.8. The number of rotatable bonds is 2. The minimum absolute atomic E-state index is 0.00579. The highest BCUT2D eigenvalue weighted by Crippen LogP contribution is 2.49. The predicted octanol–water partition coefficient (Wildman–Crippen LogP) is 11.8. The molecule has 0 aliphatic carbocycles. The molecule has 0 spiro atoms. The third-order valence-corrected chi connectivity index (χ3v) is 13.3. The fraction of sp³-hybridized carbons (Fsp3) is 0. The van der Waals surface area contributed by atoms with Crippen LogP contribution in [0, 0.1) is 0 Å². The van der Waals surface area contributed by atoms with Crippen LogP contribution in [-0.4, -0.2) is 11.1 Å². The van der Waals surface area contributed by atoms with Crippen molar-refractivity contribution < 1.29 is 4.74 Å². The molecule has 0 saturated heterocycles. The zero-order valence-electron chi connectivity index (χ0n) is 29.0. The predicted molar refractivity (Wildman–Crippen MR) is 232 cm³/mol. The molecular formula is C50H28BNOS. The SMILES string of the molecule is c1cc(B2c3c(ccc4ccccc34)Oc3ccc4ccccc4c32)cc(-c2cccc3c2sc2c3cc3c4ccccc4n4c5ccccc5c2c34)c1. The molecule has 2 nitrogen and oxygen atoms in total. The highest BCUT2D eigenvalue weighted by molar-refractivity contribution is 7.27. The summed E-state index contributed by atoms with van der Waals surface area (Å²) in [6, 6.07) is 62.6. The maximum Gasteiger partial charge on any atom is 0.252 e. The Morgan fingerprint density at radius 1 is 0.444 bits per heavy atom. The first kappa shape index (κ1) is 28.9. The van der Waals surface area contributed by atoms with E-state index in [9.17, 15) is 0 Å². The Hall–Kier alpha value is -6.62. The Kier molecular flexibility index (Phi) is 5.62. The first-order chi connectivity index (χ1) is 26.8. The van der Waals surface area contributed by atoms with Gasteiger partial charge in [-0.2, -0.15) is 0 Å². The third-order valence-electron chi connectivity index (χ3n) is 12.0. The van der Waals surface area contributed by atoms with Crippen molar-refractivity contribution in [2.45, 2.75) is 0 Å². The van der Waals surface area contributed by atoms with E-state index in [4.69, 9.17) is 4.74 Å². The quantitative estimate of drug-likeness (QED) is 0.164. The highest BCUT2D eigenvalue weighted by Gasteiger charge is 2.35. The summed E-state index contributed by atoms with van der Waals surface area (Å²) in [4.78, 5) is 0. The summed E-state index contributed by atoms with van der Waals surface area (Å²) < 4.78 is 11.9. The van der Waals surface area contributed by atoms with Crippen LogP contribution in [0.3, 0.4) is 0 Å². The van der Waals surface area contributed by atoms with Gasteiger partial charge in [-0.15, -0.1) is 11.3 Å². The Balaban J connectivity index is 1.08. The molecule has 13 rings (SSSR count). The van der Waals surface area contributed by atoms with Gasteiger partial charge in [0.25, 0.3) is 6.71 Å². The number of aromatic nitrogens is 1. The first-order valence-electron chi connectivity index (χ1n) is 18.6. The van der Waals surface area contributed by atoms with Crippen molar-refractivity contribution in [3.63, 3.8) is 0 Å². The number of ether oxygens (including phenoxy) is 1. The minimum atomic E-state index is -0.00579. The number of hydrogen-bond acceptors (Lipinski definition) is 2. The molecule has 0 radical (unpaired) electrons. The number of para-hydroxylation sites is 2. The van der Waals surface area contributed by atoms with E-state index in [1.807, 2.05) is 11.3 Å². The smallest absolute Gasteiger partial charge is 0.252 e. The van der Waals surface area contributed by atoms with Crippen LogP contribution in [0.4, 0.5) is 0 Å². The van der Waals surface area contributed by atoms with Gasteiger partial charge in [-0.25, -0.2) is 0 Å². The molecule has 4 heterocycles. The van der Waals surface area contributed by atoms with Gasteiger partial charge in [-0.1, -0.05) is 145 Å². The molecule has 0 fully saturated rings. The standard InChI is InChI=1S/C50H28BNOS/c1-3-15-33-29(11-1)23-25-43-46(33)51(47-34-16-4-2-12-30(34)24-26-44(47)53-43)32-14-9-13-31(27-32)35-19-10-20-37-40-28-39-36-17-5-7-21-41(36)52-42-22-8-6-18-38(42)45(48(39)52)50(40)54-49(35)37/h1-28H. The van der Waals surface area contributed by atoms with Crippen LogP contribution in [0.25, 0.3) is 90.9 Å². The van der Waals surface area contributed by atoms with E-state index in [0.29, 0.717) is 0 Å². The molecule has 12 aromatic rings. The largest absolute Gasteiger partial charge is 0.458 e. The maximum atomic E-state index is 6.76. The van der Waals surface area contributed by atoms with E-state index in [-0.39, 0.29) is 6.71 Å². The van der Waals surface area contributed by atoms with E-state index >= 15 is 0 Å². The van der Waals surface area contributed by atoms with Gasteiger partial charge in [0.1, 0.15) is 11.5 Å². The second kappa shape index (κ2) is 10.5. The maximum absolute atomic E-state index is 6.76. The summed E-state index contributed by atoms with van der Waals surface area (Å²) in [6.45, 7) is -0.00579. The number of nitrogens with zero attached hydrogens (tertiary/aromatic N) is 1. The Bertz CT molecular complexity index is 3470. The van der Waals surface area contributed by atoms with Gasteiger partial charge in [0.05, 0.1) is 16.6 Å². The fourth-order valence-corrected chi connectivity index (χ4v) is 11.2. The molecule has 0 N–H and O–H groups in total. The summed E-state index contributed by atoms with van der Waals surface area (Å²) >= 11 is 1.94. The summed E-state index contributed by atoms with van der Waals surface area (Å²) in [5.41, 5.74) is 10.1. The van der Waals surface area contributed by atoms with Crippen LogP contribution in [-0.2, 0) is 0 Å². The summed E-state index contributed by atoms with van der Waals surface area (Å²) in [7, 11) is 0.